The van der Waals surface area contributed by atoms with E-state index in [1.54, 1.807) is 0 Å². The minimum atomic E-state index is 1.12. The predicted molar refractivity (Wildman–Crippen MR) is 241 cm³/mol. The summed E-state index contributed by atoms with van der Waals surface area (Å²) in [6.45, 7) is 0. The molecule has 2 heterocycles. The number of hydrogen-bond donors (Lipinski definition) is 0. The van der Waals surface area contributed by atoms with Gasteiger partial charge in [-0.25, -0.2) is 0 Å². The highest BCUT2D eigenvalue weighted by atomic mass is 32.1. The molecule has 2 aromatic heterocycles. The first-order valence-electron chi connectivity index (χ1n) is 18.7. The lowest BCUT2D eigenvalue weighted by Crippen LogP contribution is -2.11. The maximum Gasteiger partial charge on any atom is 0.0640 e. The first-order valence-corrected chi connectivity index (χ1v) is 20.3. The molecule has 11 rings (SSSR count). The van der Waals surface area contributed by atoms with E-state index >= 15 is 0 Å². The van der Waals surface area contributed by atoms with Crippen molar-refractivity contribution in [3.63, 3.8) is 0 Å². The van der Waals surface area contributed by atoms with Crippen LogP contribution in [-0.4, -0.2) is 0 Å². The van der Waals surface area contributed by atoms with Crippen LogP contribution >= 0.6 is 22.7 Å². The fourth-order valence-electron chi connectivity index (χ4n) is 8.34. The second-order valence-corrected chi connectivity index (χ2v) is 16.2. The minimum Gasteiger partial charge on any atom is -0.308 e. The third-order valence-corrected chi connectivity index (χ3v) is 13.2. The van der Waals surface area contributed by atoms with Gasteiger partial charge in [-0.3, -0.25) is 0 Å². The Bertz CT molecular complexity index is 3210. The molecule has 0 N–H and O–H groups in total. The normalized spacial score (nSPS) is 11.6. The van der Waals surface area contributed by atoms with Crippen LogP contribution in [0.3, 0.4) is 0 Å². The summed E-state index contributed by atoms with van der Waals surface area (Å²) in [5.41, 5.74) is 10.7. The molecule has 1 nitrogen and oxygen atoms in total. The Morgan fingerprint density at radius 1 is 0.291 bits per heavy atom. The average molecular weight is 736 g/mol. The lowest BCUT2D eigenvalue weighted by molar-refractivity contribution is 1.32. The molecule has 0 radical (unpaired) electrons. The Morgan fingerprint density at radius 2 is 0.873 bits per heavy atom. The molecule has 0 saturated carbocycles. The van der Waals surface area contributed by atoms with Gasteiger partial charge in [-0.05, 0) is 87.3 Å². The van der Waals surface area contributed by atoms with E-state index in [9.17, 15) is 0 Å². The average Bonchev–Trinajstić information content (AvgIpc) is 3.83. The Balaban J connectivity index is 1.18. The number of nitrogens with zero attached hydrogens (tertiary/aromatic N) is 1. The molecule has 258 valence electrons. The van der Waals surface area contributed by atoms with Crippen molar-refractivity contribution >= 4 is 90.9 Å². The van der Waals surface area contributed by atoms with Gasteiger partial charge in [0.1, 0.15) is 0 Å². The highest BCUT2D eigenvalue weighted by Gasteiger charge is 2.22. The smallest absolute Gasteiger partial charge is 0.0640 e. The summed E-state index contributed by atoms with van der Waals surface area (Å²) >= 11 is 3.74. The topological polar surface area (TPSA) is 3.24 Å². The van der Waals surface area contributed by atoms with Gasteiger partial charge in [0.05, 0.1) is 16.1 Å². The number of hydrogen-bond acceptors (Lipinski definition) is 3. The summed E-state index contributed by atoms with van der Waals surface area (Å²) in [5, 5.41) is 7.65. The monoisotopic (exact) mass is 735 g/mol. The van der Waals surface area contributed by atoms with E-state index in [0.717, 1.165) is 11.4 Å². The van der Waals surface area contributed by atoms with Crippen molar-refractivity contribution in [2.45, 2.75) is 0 Å². The first-order chi connectivity index (χ1) is 27.3. The van der Waals surface area contributed by atoms with Crippen molar-refractivity contribution in [2.24, 2.45) is 0 Å². The first kappa shape index (κ1) is 32.0. The quantitative estimate of drug-likeness (QED) is 0.164. The van der Waals surface area contributed by atoms with Crippen LogP contribution < -0.4 is 4.90 Å². The molecular formula is C52H33NS2. The minimum absolute atomic E-state index is 1.12. The largest absolute Gasteiger partial charge is 0.308 e. The van der Waals surface area contributed by atoms with E-state index in [0.29, 0.717) is 0 Å². The van der Waals surface area contributed by atoms with Gasteiger partial charge in [-0.2, -0.15) is 0 Å². The van der Waals surface area contributed by atoms with Gasteiger partial charge >= 0.3 is 0 Å². The molecule has 0 saturated heterocycles. The van der Waals surface area contributed by atoms with Crippen LogP contribution in [0, 0.1) is 0 Å². The molecule has 3 heteroatoms. The zero-order valence-corrected chi connectivity index (χ0v) is 31.4. The van der Waals surface area contributed by atoms with Crippen LogP contribution in [0.5, 0.6) is 0 Å². The van der Waals surface area contributed by atoms with Gasteiger partial charge in [0.15, 0.2) is 0 Å². The maximum absolute atomic E-state index is 2.50. The highest BCUT2D eigenvalue weighted by molar-refractivity contribution is 7.26. The fourth-order valence-corrected chi connectivity index (χ4v) is 10.6. The van der Waals surface area contributed by atoms with Gasteiger partial charge in [0.2, 0.25) is 0 Å². The van der Waals surface area contributed by atoms with Crippen LogP contribution in [-0.2, 0) is 0 Å². The second-order valence-electron chi connectivity index (χ2n) is 14.0. The molecule has 55 heavy (non-hydrogen) atoms. The molecule has 0 atom stereocenters. The van der Waals surface area contributed by atoms with Crippen molar-refractivity contribution in [2.75, 3.05) is 4.90 Å². The van der Waals surface area contributed by atoms with Gasteiger partial charge < -0.3 is 4.90 Å². The summed E-state index contributed by atoms with van der Waals surface area (Å²) in [5.74, 6) is 0. The number of benzene rings is 9. The van der Waals surface area contributed by atoms with E-state index in [2.05, 4.69) is 205 Å². The van der Waals surface area contributed by atoms with Crippen LogP contribution in [0.1, 0.15) is 0 Å². The number of anilines is 3. The fraction of sp³-hybridized carbons (Fsp3) is 0. The molecule has 0 amide bonds. The third-order valence-electron chi connectivity index (χ3n) is 10.9. The van der Waals surface area contributed by atoms with Crippen molar-refractivity contribution in [1.29, 1.82) is 0 Å². The number of fused-ring (bicyclic) bond motifs is 7. The number of thiophene rings is 2. The highest BCUT2D eigenvalue weighted by Crippen LogP contribution is 2.49. The Hall–Kier alpha value is -6.52. The lowest BCUT2D eigenvalue weighted by atomic mass is 9.92. The second kappa shape index (κ2) is 13.1. The summed E-state index contributed by atoms with van der Waals surface area (Å²) in [4.78, 5) is 2.50. The standard InChI is InChI=1S/C52H33NS2/c1-3-14-34(15-4-1)38-29-30-47(41-19-8-7-18-40(38)41)53(48-23-13-22-44-42-20-9-12-25-50(42)55-52(44)48)37-27-28-39(45(33-37)35-16-5-2-6-17-35)36-26-31-51-46(32-36)43-21-10-11-24-49(43)54-51/h1-33H. The molecule has 0 bridgehead atoms. The molecule has 0 unspecified atom stereocenters. The Morgan fingerprint density at radius 3 is 1.64 bits per heavy atom. The van der Waals surface area contributed by atoms with Crippen molar-refractivity contribution < 1.29 is 0 Å². The Labute approximate surface area is 327 Å². The Kier molecular flexibility index (Phi) is 7.61. The van der Waals surface area contributed by atoms with E-state index in [1.807, 2.05) is 22.7 Å². The van der Waals surface area contributed by atoms with Gasteiger partial charge in [0, 0.05) is 46.7 Å². The summed E-state index contributed by atoms with van der Waals surface area (Å²) < 4.78 is 5.21. The molecule has 0 aliphatic carbocycles. The number of rotatable bonds is 6. The van der Waals surface area contributed by atoms with E-state index in [1.165, 1.54) is 90.2 Å². The molecule has 0 spiro atoms. The molecule has 11 aromatic rings. The predicted octanol–water partition coefficient (Wildman–Crippen LogP) is 16.0. The molecule has 0 aliphatic heterocycles. The summed E-state index contributed by atoms with van der Waals surface area (Å²) in [7, 11) is 0. The van der Waals surface area contributed by atoms with E-state index in [-0.39, 0.29) is 0 Å². The van der Waals surface area contributed by atoms with Crippen molar-refractivity contribution in [1.82, 2.24) is 0 Å². The maximum atomic E-state index is 2.50. The third kappa shape index (κ3) is 5.35. The van der Waals surface area contributed by atoms with Crippen LogP contribution in [0.25, 0.3) is 84.5 Å². The SMILES string of the molecule is c1ccc(-c2cc(N(c3ccc(-c4ccccc4)c4ccccc34)c3cccc4c3sc3ccccc34)ccc2-c2ccc3sc4ccccc4c3c2)cc1. The zero-order valence-electron chi connectivity index (χ0n) is 29.8. The van der Waals surface area contributed by atoms with Crippen LogP contribution in [0.4, 0.5) is 17.1 Å². The summed E-state index contributed by atoms with van der Waals surface area (Å²) in [6, 6.07) is 73.5. The molecular weight excluding hydrogens is 703 g/mol. The van der Waals surface area contributed by atoms with E-state index in [4.69, 9.17) is 0 Å². The molecule has 9 aromatic carbocycles. The lowest BCUT2D eigenvalue weighted by Gasteiger charge is -2.29. The molecule has 0 aliphatic rings. The summed E-state index contributed by atoms with van der Waals surface area (Å²) in [6.07, 6.45) is 0. The molecule has 0 fully saturated rings. The van der Waals surface area contributed by atoms with Crippen LogP contribution in [0.15, 0.2) is 200 Å². The van der Waals surface area contributed by atoms with Gasteiger partial charge in [-0.15, -0.1) is 22.7 Å². The van der Waals surface area contributed by atoms with Crippen molar-refractivity contribution in [3.05, 3.63) is 200 Å². The van der Waals surface area contributed by atoms with E-state index < -0.39 is 0 Å². The zero-order chi connectivity index (χ0) is 36.3. The van der Waals surface area contributed by atoms with Gasteiger partial charge in [-0.1, -0.05) is 152 Å². The van der Waals surface area contributed by atoms with Gasteiger partial charge in [0.25, 0.3) is 0 Å². The van der Waals surface area contributed by atoms with Crippen LogP contribution in [0.2, 0.25) is 0 Å². The van der Waals surface area contributed by atoms with Crippen molar-refractivity contribution in [3.8, 4) is 33.4 Å².